The lowest BCUT2D eigenvalue weighted by atomic mass is 10.2. The van der Waals surface area contributed by atoms with Crippen molar-refractivity contribution in [2.75, 3.05) is 6.61 Å². The van der Waals surface area contributed by atoms with Crippen LogP contribution in [0.15, 0.2) is 12.1 Å². The predicted molar refractivity (Wildman–Crippen MR) is 57.1 cm³/mol. The van der Waals surface area contributed by atoms with Crippen LogP contribution in [0.3, 0.4) is 0 Å². The Morgan fingerprint density at radius 1 is 1.53 bits per heavy atom. The number of benzene rings is 1. The van der Waals surface area contributed by atoms with Gasteiger partial charge in [-0.3, -0.25) is 4.79 Å². The van der Waals surface area contributed by atoms with Crippen molar-refractivity contribution in [2.24, 2.45) is 5.92 Å². The van der Waals surface area contributed by atoms with Crippen LogP contribution in [0.1, 0.15) is 24.2 Å². The molecule has 0 aromatic heterocycles. The first kappa shape index (κ1) is 12.0. The molecule has 0 fully saturated rings. The van der Waals surface area contributed by atoms with E-state index < -0.39 is 5.82 Å². The highest BCUT2D eigenvalue weighted by molar-refractivity contribution is 6.34. The summed E-state index contributed by atoms with van der Waals surface area (Å²) in [4.78, 5) is 10.6. The van der Waals surface area contributed by atoms with Crippen LogP contribution in [0.2, 0.25) is 5.02 Å². The zero-order valence-electron chi connectivity index (χ0n) is 8.59. The van der Waals surface area contributed by atoms with Gasteiger partial charge < -0.3 is 4.74 Å². The molecular weight excluding hydrogens is 219 g/mol. The first-order valence-corrected chi connectivity index (χ1v) is 4.99. The van der Waals surface area contributed by atoms with Gasteiger partial charge in [0, 0.05) is 11.6 Å². The van der Waals surface area contributed by atoms with Crippen LogP contribution < -0.4 is 4.74 Å². The molecule has 0 aliphatic heterocycles. The third-order valence-electron chi connectivity index (χ3n) is 1.73. The van der Waals surface area contributed by atoms with E-state index in [1.165, 1.54) is 6.07 Å². The largest absolute Gasteiger partial charge is 0.492 e. The fourth-order valence-electron chi connectivity index (χ4n) is 1.03. The van der Waals surface area contributed by atoms with E-state index in [2.05, 4.69) is 0 Å². The van der Waals surface area contributed by atoms with Gasteiger partial charge in [0.05, 0.1) is 11.6 Å². The molecule has 0 aliphatic rings. The Balaban J connectivity index is 2.96. The Bertz CT molecular complexity index is 364. The van der Waals surface area contributed by atoms with Crippen LogP contribution in [0.25, 0.3) is 0 Å². The number of hydrogen-bond acceptors (Lipinski definition) is 2. The summed E-state index contributed by atoms with van der Waals surface area (Å²) < 4.78 is 18.3. The zero-order valence-corrected chi connectivity index (χ0v) is 9.34. The van der Waals surface area contributed by atoms with Crippen molar-refractivity contribution in [3.63, 3.8) is 0 Å². The van der Waals surface area contributed by atoms with Crippen molar-refractivity contribution in [3.05, 3.63) is 28.5 Å². The number of hydrogen-bond donors (Lipinski definition) is 0. The molecule has 0 spiro atoms. The van der Waals surface area contributed by atoms with Gasteiger partial charge >= 0.3 is 0 Å². The molecule has 1 aromatic rings. The van der Waals surface area contributed by atoms with Crippen LogP contribution in [-0.2, 0) is 0 Å². The summed E-state index contributed by atoms with van der Waals surface area (Å²) in [6.07, 6.45) is 0.508. The van der Waals surface area contributed by atoms with Crippen molar-refractivity contribution < 1.29 is 13.9 Å². The lowest BCUT2D eigenvalue weighted by molar-refractivity contribution is 0.112. The van der Waals surface area contributed by atoms with Gasteiger partial charge in [0.15, 0.2) is 6.29 Å². The molecule has 0 amide bonds. The van der Waals surface area contributed by atoms with E-state index in [0.29, 0.717) is 18.8 Å². The number of halogens is 2. The number of ether oxygens (including phenoxy) is 1. The number of carbonyl (C=O) groups excluding carboxylic acids is 1. The summed E-state index contributed by atoms with van der Waals surface area (Å²) in [7, 11) is 0. The predicted octanol–water partition coefficient (Wildman–Crippen LogP) is 3.33. The molecule has 1 rings (SSSR count). The molecule has 82 valence electrons. The minimum absolute atomic E-state index is 0.107. The molecule has 0 saturated carbocycles. The van der Waals surface area contributed by atoms with E-state index in [1.807, 2.05) is 13.8 Å². The summed E-state index contributed by atoms with van der Waals surface area (Å²) >= 11 is 5.84. The fraction of sp³-hybridized carbons (Fsp3) is 0.364. The molecule has 0 saturated heterocycles. The minimum Gasteiger partial charge on any atom is -0.492 e. The van der Waals surface area contributed by atoms with Crippen molar-refractivity contribution in [1.82, 2.24) is 0 Å². The normalized spacial score (nSPS) is 10.5. The van der Waals surface area contributed by atoms with Crippen LogP contribution in [-0.4, -0.2) is 12.9 Å². The van der Waals surface area contributed by atoms with Gasteiger partial charge in [-0.15, -0.1) is 0 Å². The van der Waals surface area contributed by atoms with E-state index in [1.54, 1.807) is 0 Å². The molecule has 0 aliphatic carbocycles. The summed E-state index contributed by atoms with van der Waals surface area (Å²) in [5.41, 5.74) is 0.107. The van der Waals surface area contributed by atoms with Crippen LogP contribution in [0, 0.1) is 11.7 Å². The smallest absolute Gasteiger partial charge is 0.151 e. The van der Waals surface area contributed by atoms with Gasteiger partial charge in [0.2, 0.25) is 0 Å². The molecule has 4 heteroatoms. The van der Waals surface area contributed by atoms with Gasteiger partial charge in [-0.25, -0.2) is 4.39 Å². The number of carbonyl (C=O) groups is 1. The maximum absolute atomic E-state index is 13.0. The van der Waals surface area contributed by atoms with Crippen LogP contribution in [0.4, 0.5) is 4.39 Å². The molecule has 0 N–H and O–H groups in total. The van der Waals surface area contributed by atoms with Gasteiger partial charge in [-0.2, -0.15) is 0 Å². The molecule has 0 heterocycles. The quantitative estimate of drug-likeness (QED) is 0.742. The second-order valence-corrected chi connectivity index (χ2v) is 4.01. The van der Waals surface area contributed by atoms with E-state index >= 15 is 0 Å². The van der Waals surface area contributed by atoms with Crippen LogP contribution in [0.5, 0.6) is 5.75 Å². The molecule has 2 nitrogen and oxygen atoms in total. The van der Waals surface area contributed by atoms with Crippen molar-refractivity contribution in [1.29, 1.82) is 0 Å². The average molecular weight is 231 g/mol. The van der Waals surface area contributed by atoms with E-state index in [9.17, 15) is 9.18 Å². The van der Waals surface area contributed by atoms with Gasteiger partial charge in [0.25, 0.3) is 0 Å². The Hall–Kier alpha value is -1.09. The number of aldehydes is 1. The first-order valence-electron chi connectivity index (χ1n) is 4.61. The maximum atomic E-state index is 13.0. The summed E-state index contributed by atoms with van der Waals surface area (Å²) in [5, 5.41) is 0.159. The third-order valence-corrected chi connectivity index (χ3v) is 2.14. The molecule has 1 aromatic carbocycles. The van der Waals surface area contributed by atoms with E-state index in [4.69, 9.17) is 16.3 Å². The molecule has 0 radical (unpaired) electrons. The summed E-state index contributed by atoms with van der Waals surface area (Å²) in [6, 6.07) is 2.26. The molecule has 0 bridgehead atoms. The van der Waals surface area contributed by atoms with Crippen molar-refractivity contribution >= 4 is 17.9 Å². The Morgan fingerprint density at radius 3 is 2.73 bits per heavy atom. The Labute approximate surface area is 93.0 Å². The highest BCUT2D eigenvalue weighted by Gasteiger charge is 2.10. The summed E-state index contributed by atoms with van der Waals surface area (Å²) in [5.74, 6) is -0.00302. The molecular formula is C11H12ClFO2. The lowest BCUT2D eigenvalue weighted by Crippen LogP contribution is -2.05. The van der Waals surface area contributed by atoms with Crippen LogP contribution >= 0.6 is 11.6 Å². The molecule has 0 unspecified atom stereocenters. The monoisotopic (exact) mass is 230 g/mol. The fourth-order valence-corrected chi connectivity index (χ4v) is 1.24. The highest BCUT2D eigenvalue weighted by atomic mass is 35.5. The second-order valence-electron chi connectivity index (χ2n) is 3.63. The van der Waals surface area contributed by atoms with Crippen molar-refractivity contribution in [3.8, 4) is 5.75 Å². The van der Waals surface area contributed by atoms with Gasteiger partial charge in [-0.1, -0.05) is 25.4 Å². The van der Waals surface area contributed by atoms with E-state index in [0.717, 1.165) is 6.07 Å². The first-order chi connectivity index (χ1) is 7.04. The maximum Gasteiger partial charge on any atom is 0.151 e. The van der Waals surface area contributed by atoms with E-state index in [-0.39, 0.29) is 16.3 Å². The third kappa shape index (κ3) is 3.20. The second kappa shape index (κ2) is 5.12. The average Bonchev–Trinajstić information content (AvgIpc) is 2.18. The highest BCUT2D eigenvalue weighted by Crippen LogP contribution is 2.28. The standard InChI is InChI=1S/C11H12ClFO2/c1-7(2)6-15-10-4-9(13)3-8(5-14)11(10)12/h3-5,7H,6H2,1-2H3. The topological polar surface area (TPSA) is 26.3 Å². The summed E-state index contributed by atoms with van der Waals surface area (Å²) in [6.45, 7) is 4.36. The number of rotatable bonds is 4. The van der Waals surface area contributed by atoms with Gasteiger partial charge in [-0.05, 0) is 12.0 Å². The van der Waals surface area contributed by atoms with Crippen molar-refractivity contribution in [2.45, 2.75) is 13.8 Å². The SMILES string of the molecule is CC(C)COc1cc(F)cc(C=O)c1Cl. The minimum atomic E-state index is -0.528. The zero-order chi connectivity index (χ0) is 11.4. The van der Waals surface area contributed by atoms with Gasteiger partial charge in [0.1, 0.15) is 11.6 Å². The molecule has 15 heavy (non-hydrogen) atoms. The molecule has 0 atom stereocenters. The Kier molecular flexibility index (Phi) is 4.09. The lowest BCUT2D eigenvalue weighted by Gasteiger charge is -2.11. The Morgan fingerprint density at radius 2 is 2.20 bits per heavy atom.